The van der Waals surface area contributed by atoms with Crippen LogP contribution in [0.1, 0.15) is 0 Å². The highest BCUT2D eigenvalue weighted by Gasteiger charge is 2.08. The van der Waals surface area contributed by atoms with E-state index < -0.39 is 0 Å². The van der Waals surface area contributed by atoms with Crippen LogP contribution in [0.3, 0.4) is 0 Å². The van der Waals surface area contributed by atoms with Crippen LogP contribution in [0.25, 0.3) is 22.3 Å². The molecule has 0 fully saturated rings. The van der Waals surface area contributed by atoms with E-state index >= 15 is 0 Å². The predicted molar refractivity (Wildman–Crippen MR) is 101 cm³/mol. The summed E-state index contributed by atoms with van der Waals surface area (Å²) in [7, 11) is 1.64. The Bertz CT molecular complexity index is 1090. The zero-order valence-corrected chi connectivity index (χ0v) is 14.8. The minimum atomic E-state index is 0.635. The van der Waals surface area contributed by atoms with E-state index in [0.29, 0.717) is 21.5 Å². The Kier molecular flexibility index (Phi) is 4.26. The van der Waals surface area contributed by atoms with Crippen molar-refractivity contribution in [2.45, 2.75) is 0 Å². The molecule has 25 heavy (non-hydrogen) atoms. The first-order chi connectivity index (χ1) is 12.2. The summed E-state index contributed by atoms with van der Waals surface area (Å²) < 4.78 is 11.3. The van der Waals surface area contributed by atoms with E-state index in [-0.39, 0.29) is 0 Å². The largest absolute Gasteiger partial charge is 0.497 e. The number of rotatable bonds is 3. The summed E-state index contributed by atoms with van der Waals surface area (Å²) in [5.41, 5.74) is 1.65. The first-order valence-corrected chi connectivity index (χ1v) is 8.81. The van der Waals surface area contributed by atoms with Crippen LogP contribution in [0.2, 0.25) is 5.02 Å². The van der Waals surface area contributed by atoms with Gasteiger partial charge in [0.25, 0.3) is 0 Å². The van der Waals surface area contributed by atoms with E-state index in [1.165, 1.54) is 11.3 Å². The predicted octanol–water partition coefficient (Wildman–Crippen LogP) is 5.45. The summed E-state index contributed by atoms with van der Waals surface area (Å²) in [5, 5.41) is 4.83. The first kappa shape index (κ1) is 15.9. The Hall–Kier alpha value is -2.63. The maximum atomic E-state index is 6.15. The molecule has 4 nitrogen and oxygen atoms in total. The van der Waals surface area contributed by atoms with Gasteiger partial charge in [0, 0.05) is 33.6 Å². The molecule has 0 bridgehead atoms. The van der Waals surface area contributed by atoms with Crippen LogP contribution in [0, 0.1) is 0 Å². The van der Waals surface area contributed by atoms with Gasteiger partial charge >= 0.3 is 0 Å². The van der Waals surface area contributed by atoms with Gasteiger partial charge in [-0.1, -0.05) is 11.6 Å². The van der Waals surface area contributed by atoms with Gasteiger partial charge < -0.3 is 9.15 Å². The molecule has 124 valence electrons. The molecule has 0 amide bonds. The Morgan fingerprint density at radius 1 is 1.12 bits per heavy atom. The number of hydrogen-bond acceptors (Lipinski definition) is 5. The summed E-state index contributed by atoms with van der Waals surface area (Å²) in [6.45, 7) is 0. The third-order valence-electron chi connectivity index (χ3n) is 3.72. The van der Waals surface area contributed by atoms with Gasteiger partial charge in [0.15, 0.2) is 0 Å². The van der Waals surface area contributed by atoms with Crippen LogP contribution >= 0.6 is 22.9 Å². The summed E-state index contributed by atoms with van der Waals surface area (Å²) >= 11 is 7.63. The van der Waals surface area contributed by atoms with Crippen LogP contribution in [0.15, 0.2) is 69.5 Å². The fraction of sp³-hybridized carbons (Fsp3) is 0.0526. The standard InChI is InChI=1S/C19H13ClN2O2S/c1-23-14-5-2-12(3-6-14)18-11-16(22-19-21-8-9-25-19)15-10-13(20)4-7-17(15)24-18/h2-11H,1H3/b22-16+. The van der Waals surface area contributed by atoms with Crippen molar-refractivity contribution in [2.24, 2.45) is 4.99 Å². The summed E-state index contributed by atoms with van der Waals surface area (Å²) in [6, 6.07) is 15.1. The van der Waals surface area contributed by atoms with E-state index in [2.05, 4.69) is 9.98 Å². The SMILES string of the molecule is COc1ccc(-c2c/c(=N\c3nccs3)c3cc(Cl)ccc3o2)cc1. The number of hydrogen-bond donors (Lipinski definition) is 0. The minimum Gasteiger partial charge on any atom is -0.497 e. The van der Waals surface area contributed by atoms with Gasteiger partial charge in [-0.05, 0) is 42.5 Å². The van der Waals surface area contributed by atoms with Gasteiger partial charge in [-0.2, -0.15) is 0 Å². The third-order valence-corrected chi connectivity index (χ3v) is 4.62. The molecule has 6 heteroatoms. The molecule has 2 aromatic carbocycles. The number of fused-ring (bicyclic) bond motifs is 1. The van der Waals surface area contributed by atoms with Gasteiger partial charge in [-0.25, -0.2) is 9.98 Å². The molecule has 2 aromatic heterocycles. The van der Waals surface area contributed by atoms with Gasteiger partial charge in [0.2, 0.25) is 5.13 Å². The maximum Gasteiger partial charge on any atom is 0.209 e. The molecule has 0 saturated heterocycles. The molecule has 0 saturated carbocycles. The van der Waals surface area contributed by atoms with Crippen molar-refractivity contribution in [3.8, 4) is 17.1 Å². The van der Waals surface area contributed by atoms with Crippen molar-refractivity contribution >= 4 is 39.0 Å². The van der Waals surface area contributed by atoms with Crippen molar-refractivity contribution in [2.75, 3.05) is 7.11 Å². The van der Waals surface area contributed by atoms with Crippen LogP contribution in [0.4, 0.5) is 5.13 Å². The van der Waals surface area contributed by atoms with E-state index in [4.69, 9.17) is 20.8 Å². The number of benzene rings is 2. The molecule has 0 aliphatic carbocycles. The molecular weight excluding hydrogens is 356 g/mol. The lowest BCUT2D eigenvalue weighted by molar-refractivity contribution is 0.415. The maximum absolute atomic E-state index is 6.15. The highest BCUT2D eigenvalue weighted by atomic mass is 35.5. The van der Waals surface area contributed by atoms with Crippen molar-refractivity contribution in [1.82, 2.24) is 4.98 Å². The van der Waals surface area contributed by atoms with Crippen LogP contribution < -0.4 is 10.1 Å². The first-order valence-electron chi connectivity index (χ1n) is 7.55. The monoisotopic (exact) mass is 368 g/mol. The fourth-order valence-corrected chi connectivity index (χ4v) is 3.19. The van der Waals surface area contributed by atoms with E-state index in [0.717, 1.165) is 22.1 Å². The molecule has 0 spiro atoms. The minimum absolute atomic E-state index is 0.635. The van der Waals surface area contributed by atoms with Crippen LogP contribution in [-0.2, 0) is 0 Å². The average Bonchev–Trinajstić information content (AvgIpc) is 3.15. The molecule has 2 heterocycles. The van der Waals surface area contributed by atoms with Crippen LogP contribution in [0.5, 0.6) is 5.75 Å². The normalized spacial score (nSPS) is 11.8. The number of methoxy groups -OCH3 is 1. The van der Waals surface area contributed by atoms with Gasteiger partial charge in [0.05, 0.1) is 12.5 Å². The number of thiazole rings is 1. The van der Waals surface area contributed by atoms with Crippen molar-refractivity contribution < 1.29 is 9.15 Å². The summed E-state index contributed by atoms with van der Waals surface area (Å²) in [6.07, 6.45) is 1.73. The second-order valence-electron chi connectivity index (χ2n) is 5.29. The van der Waals surface area contributed by atoms with Crippen molar-refractivity contribution in [3.05, 3.63) is 70.5 Å². The number of aromatic nitrogens is 1. The highest BCUT2D eigenvalue weighted by molar-refractivity contribution is 7.13. The Morgan fingerprint density at radius 3 is 2.68 bits per heavy atom. The number of ether oxygens (including phenoxy) is 1. The lowest BCUT2D eigenvalue weighted by Crippen LogP contribution is -2.03. The van der Waals surface area contributed by atoms with E-state index in [1.807, 2.05) is 47.8 Å². The molecule has 4 rings (SSSR count). The second kappa shape index (κ2) is 6.70. The quantitative estimate of drug-likeness (QED) is 0.483. The van der Waals surface area contributed by atoms with Crippen molar-refractivity contribution in [1.29, 1.82) is 0 Å². The topological polar surface area (TPSA) is 47.6 Å². The van der Waals surface area contributed by atoms with E-state index in [1.54, 1.807) is 19.4 Å². The zero-order chi connectivity index (χ0) is 17.2. The number of nitrogens with zero attached hydrogens (tertiary/aromatic N) is 2. The Balaban J connectivity index is 1.96. The van der Waals surface area contributed by atoms with E-state index in [9.17, 15) is 0 Å². The molecule has 4 aromatic rings. The lowest BCUT2D eigenvalue weighted by atomic mass is 10.1. The van der Waals surface area contributed by atoms with Gasteiger partial charge in [-0.3, -0.25) is 0 Å². The molecular formula is C19H13ClN2O2S. The van der Waals surface area contributed by atoms with Crippen LogP contribution in [-0.4, -0.2) is 12.1 Å². The summed E-state index contributed by atoms with van der Waals surface area (Å²) in [5.74, 6) is 1.51. The molecule has 0 N–H and O–H groups in total. The molecule has 0 aliphatic rings. The summed E-state index contributed by atoms with van der Waals surface area (Å²) in [4.78, 5) is 8.89. The smallest absolute Gasteiger partial charge is 0.209 e. The lowest BCUT2D eigenvalue weighted by Gasteiger charge is -2.06. The third kappa shape index (κ3) is 3.29. The molecule has 0 unspecified atom stereocenters. The number of halogens is 1. The van der Waals surface area contributed by atoms with Gasteiger partial charge in [0.1, 0.15) is 17.1 Å². The molecule has 0 atom stereocenters. The Morgan fingerprint density at radius 2 is 1.96 bits per heavy atom. The van der Waals surface area contributed by atoms with Gasteiger partial charge in [-0.15, -0.1) is 11.3 Å². The second-order valence-corrected chi connectivity index (χ2v) is 6.60. The fourth-order valence-electron chi connectivity index (χ4n) is 2.51. The average molecular weight is 369 g/mol. The molecule has 0 aliphatic heterocycles. The van der Waals surface area contributed by atoms with Crippen molar-refractivity contribution in [3.63, 3.8) is 0 Å². The zero-order valence-electron chi connectivity index (χ0n) is 13.3. The molecule has 0 radical (unpaired) electrons. The Labute approximate surface area is 153 Å². The highest BCUT2D eigenvalue weighted by Crippen LogP contribution is 2.26.